The molecule has 0 radical (unpaired) electrons. The lowest BCUT2D eigenvalue weighted by Crippen LogP contribution is -2.38. The van der Waals surface area contributed by atoms with Crippen molar-refractivity contribution in [2.45, 2.75) is 6.42 Å². The van der Waals surface area contributed by atoms with Crippen molar-refractivity contribution in [3.05, 3.63) is 18.2 Å². The zero-order chi connectivity index (χ0) is 12.1. The number of amides is 2. The first-order valence-electron chi connectivity index (χ1n) is 5.36. The molecule has 0 saturated carbocycles. The number of imidazole rings is 1. The Morgan fingerprint density at radius 3 is 3.18 bits per heavy atom. The lowest BCUT2D eigenvalue weighted by atomic mass is 10.4. The van der Waals surface area contributed by atoms with E-state index in [0.29, 0.717) is 24.6 Å². The van der Waals surface area contributed by atoms with Crippen molar-refractivity contribution in [3.63, 3.8) is 0 Å². The SMILES string of the molecule is O=C(CN1CSCC1=O)NCCc1ncc[nH]1. The van der Waals surface area contributed by atoms with E-state index in [2.05, 4.69) is 15.3 Å². The van der Waals surface area contributed by atoms with Crippen molar-refractivity contribution in [1.82, 2.24) is 20.2 Å². The van der Waals surface area contributed by atoms with Crippen molar-refractivity contribution in [2.75, 3.05) is 24.7 Å². The van der Waals surface area contributed by atoms with Gasteiger partial charge in [-0.05, 0) is 0 Å². The molecule has 1 aliphatic heterocycles. The van der Waals surface area contributed by atoms with Crippen LogP contribution in [0.25, 0.3) is 0 Å². The summed E-state index contributed by atoms with van der Waals surface area (Å²) >= 11 is 1.54. The summed E-state index contributed by atoms with van der Waals surface area (Å²) in [5.41, 5.74) is 0. The van der Waals surface area contributed by atoms with Gasteiger partial charge in [-0.15, -0.1) is 11.8 Å². The van der Waals surface area contributed by atoms with E-state index < -0.39 is 0 Å². The molecule has 0 bridgehead atoms. The van der Waals surface area contributed by atoms with Gasteiger partial charge in [-0.3, -0.25) is 9.59 Å². The predicted octanol–water partition coefficient (Wildman–Crippen LogP) is -0.399. The highest BCUT2D eigenvalue weighted by atomic mass is 32.2. The molecular formula is C10H14N4O2S. The van der Waals surface area contributed by atoms with E-state index in [1.54, 1.807) is 17.3 Å². The third-order valence-electron chi connectivity index (χ3n) is 2.40. The van der Waals surface area contributed by atoms with Crippen molar-refractivity contribution in [3.8, 4) is 0 Å². The Labute approximate surface area is 103 Å². The topological polar surface area (TPSA) is 78.1 Å². The fraction of sp³-hybridized carbons (Fsp3) is 0.500. The maximum atomic E-state index is 11.5. The lowest BCUT2D eigenvalue weighted by molar-refractivity contribution is -0.132. The maximum Gasteiger partial charge on any atom is 0.239 e. The molecule has 1 aromatic rings. The summed E-state index contributed by atoms with van der Waals surface area (Å²) in [5.74, 6) is 1.87. The maximum absolute atomic E-state index is 11.5. The number of carbonyl (C=O) groups is 2. The highest BCUT2D eigenvalue weighted by Gasteiger charge is 2.22. The van der Waals surface area contributed by atoms with E-state index in [-0.39, 0.29) is 18.4 Å². The van der Waals surface area contributed by atoms with Gasteiger partial charge in [0.2, 0.25) is 11.8 Å². The van der Waals surface area contributed by atoms with Crippen LogP contribution in [0.5, 0.6) is 0 Å². The first-order valence-corrected chi connectivity index (χ1v) is 6.51. The van der Waals surface area contributed by atoms with Gasteiger partial charge in [-0.25, -0.2) is 4.98 Å². The molecule has 0 spiro atoms. The van der Waals surface area contributed by atoms with Gasteiger partial charge >= 0.3 is 0 Å². The quantitative estimate of drug-likeness (QED) is 0.749. The number of nitrogens with zero attached hydrogens (tertiary/aromatic N) is 2. The van der Waals surface area contributed by atoms with Gasteiger partial charge in [0.15, 0.2) is 0 Å². The van der Waals surface area contributed by atoms with E-state index in [9.17, 15) is 9.59 Å². The Hall–Kier alpha value is -1.50. The fourth-order valence-electron chi connectivity index (χ4n) is 1.52. The number of H-pyrrole nitrogens is 1. The zero-order valence-corrected chi connectivity index (χ0v) is 10.1. The summed E-state index contributed by atoms with van der Waals surface area (Å²) in [7, 11) is 0. The van der Waals surface area contributed by atoms with Crippen LogP contribution in [0.15, 0.2) is 12.4 Å². The molecule has 1 aromatic heterocycles. The van der Waals surface area contributed by atoms with Crippen molar-refractivity contribution >= 4 is 23.6 Å². The molecule has 2 amide bonds. The number of rotatable bonds is 5. The standard InChI is InChI=1S/C10H14N4O2S/c15-9(5-14-7-17-6-10(14)16)13-2-1-8-11-3-4-12-8/h3-4H,1-2,5-7H2,(H,11,12)(H,13,15). The first-order chi connectivity index (χ1) is 8.25. The van der Waals surface area contributed by atoms with Gasteiger partial charge in [0, 0.05) is 25.4 Å². The molecule has 0 aliphatic carbocycles. The van der Waals surface area contributed by atoms with Crippen LogP contribution in [0.1, 0.15) is 5.82 Å². The van der Waals surface area contributed by atoms with Crippen LogP contribution in [0, 0.1) is 0 Å². The normalized spacial score (nSPS) is 15.3. The lowest BCUT2D eigenvalue weighted by Gasteiger charge is -2.13. The van der Waals surface area contributed by atoms with Crippen LogP contribution in [-0.4, -0.2) is 51.4 Å². The fourth-order valence-corrected chi connectivity index (χ4v) is 2.43. The van der Waals surface area contributed by atoms with Crippen LogP contribution < -0.4 is 5.32 Å². The van der Waals surface area contributed by atoms with Gasteiger partial charge in [-0.2, -0.15) is 0 Å². The monoisotopic (exact) mass is 254 g/mol. The van der Waals surface area contributed by atoms with Crippen molar-refractivity contribution in [2.24, 2.45) is 0 Å². The molecule has 17 heavy (non-hydrogen) atoms. The Morgan fingerprint density at radius 1 is 1.65 bits per heavy atom. The van der Waals surface area contributed by atoms with Crippen LogP contribution in [-0.2, 0) is 16.0 Å². The van der Waals surface area contributed by atoms with Gasteiger partial charge < -0.3 is 15.2 Å². The molecule has 2 heterocycles. The molecule has 1 saturated heterocycles. The predicted molar refractivity (Wildman–Crippen MR) is 64.3 cm³/mol. The Kier molecular flexibility index (Phi) is 4.03. The zero-order valence-electron chi connectivity index (χ0n) is 9.31. The van der Waals surface area contributed by atoms with E-state index in [1.165, 1.54) is 11.8 Å². The van der Waals surface area contributed by atoms with E-state index >= 15 is 0 Å². The molecule has 0 unspecified atom stereocenters. The summed E-state index contributed by atoms with van der Waals surface area (Å²) in [4.78, 5) is 31.4. The molecule has 6 nitrogen and oxygen atoms in total. The summed E-state index contributed by atoms with van der Waals surface area (Å²) in [5, 5.41) is 2.77. The number of carbonyl (C=O) groups excluding carboxylic acids is 2. The van der Waals surface area contributed by atoms with Crippen molar-refractivity contribution in [1.29, 1.82) is 0 Å². The summed E-state index contributed by atoms with van der Waals surface area (Å²) in [6.07, 6.45) is 4.09. The second-order valence-corrected chi connectivity index (χ2v) is 4.66. The molecule has 92 valence electrons. The van der Waals surface area contributed by atoms with E-state index in [0.717, 1.165) is 5.82 Å². The molecule has 2 rings (SSSR count). The molecule has 2 N–H and O–H groups in total. The Morgan fingerprint density at radius 2 is 2.53 bits per heavy atom. The number of hydrogen-bond acceptors (Lipinski definition) is 4. The Bertz CT molecular complexity index is 393. The van der Waals surface area contributed by atoms with Crippen molar-refractivity contribution < 1.29 is 9.59 Å². The molecule has 1 fully saturated rings. The minimum Gasteiger partial charge on any atom is -0.354 e. The third kappa shape index (κ3) is 3.48. The van der Waals surface area contributed by atoms with Crippen LogP contribution in [0.2, 0.25) is 0 Å². The smallest absolute Gasteiger partial charge is 0.239 e. The van der Waals surface area contributed by atoms with E-state index in [1.807, 2.05) is 0 Å². The largest absolute Gasteiger partial charge is 0.354 e. The Balaban J connectivity index is 1.65. The van der Waals surface area contributed by atoms with Crippen LogP contribution in [0.3, 0.4) is 0 Å². The number of aromatic nitrogens is 2. The average molecular weight is 254 g/mol. The second kappa shape index (κ2) is 5.72. The second-order valence-electron chi connectivity index (χ2n) is 3.71. The van der Waals surface area contributed by atoms with E-state index in [4.69, 9.17) is 0 Å². The minimum atomic E-state index is -0.118. The summed E-state index contributed by atoms with van der Waals surface area (Å²) < 4.78 is 0. The summed E-state index contributed by atoms with van der Waals surface area (Å²) in [6, 6.07) is 0. The number of thioether (sulfide) groups is 1. The van der Waals surface area contributed by atoms with Gasteiger partial charge in [0.25, 0.3) is 0 Å². The molecule has 7 heteroatoms. The summed E-state index contributed by atoms with van der Waals surface area (Å²) in [6.45, 7) is 0.686. The number of hydrogen-bond donors (Lipinski definition) is 2. The number of aromatic amines is 1. The van der Waals surface area contributed by atoms with Gasteiger partial charge in [0.1, 0.15) is 12.4 Å². The number of nitrogens with one attached hydrogen (secondary N) is 2. The third-order valence-corrected chi connectivity index (χ3v) is 3.34. The molecule has 0 aromatic carbocycles. The van der Waals surface area contributed by atoms with Crippen LogP contribution in [0.4, 0.5) is 0 Å². The minimum absolute atomic E-state index is 0.0381. The highest BCUT2D eigenvalue weighted by molar-refractivity contribution is 8.00. The van der Waals surface area contributed by atoms with Crippen LogP contribution >= 0.6 is 11.8 Å². The highest BCUT2D eigenvalue weighted by Crippen LogP contribution is 2.13. The van der Waals surface area contributed by atoms with Gasteiger partial charge in [0.05, 0.1) is 11.6 Å². The first kappa shape index (κ1) is 12.0. The molecule has 0 atom stereocenters. The van der Waals surface area contributed by atoms with Gasteiger partial charge in [-0.1, -0.05) is 0 Å². The molecule has 1 aliphatic rings. The average Bonchev–Trinajstić information content (AvgIpc) is 2.92. The molecular weight excluding hydrogens is 240 g/mol.